The zero-order valence-corrected chi connectivity index (χ0v) is 13.4. The largest absolute Gasteiger partial charge is 0.393 e. The number of thioether (sulfide) groups is 2. The Kier molecular flexibility index (Phi) is 7.02. The van der Waals surface area contributed by atoms with Crippen LogP contribution in [0.15, 0.2) is 0 Å². The Hall–Kier alpha value is 0.540. The Morgan fingerprint density at radius 1 is 0.944 bits per heavy atom. The summed E-state index contributed by atoms with van der Waals surface area (Å²) in [7, 11) is 0. The fourth-order valence-electron chi connectivity index (χ4n) is 1.60. The van der Waals surface area contributed by atoms with Gasteiger partial charge in [0.15, 0.2) is 0 Å². The predicted molar refractivity (Wildman–Crippen MR) is 79.0 cm³/mol. The van der Waals surface area contributed by atoms with E-state index in [0.717, 1.165) is 11.5 Å². The molecule has 6 heteroatoms. The van der Waals surface area contributed by atoms with E-state index in [1.165, 1.54) is 44.3 Å². The fourth-order valence-corrected chi connectivity index (χ4v) is 4.52. The van der Waals surface area contributed by atoms with Crippen LogP contribution in [0.5, 0.6) is 0 Å². The second kappa shape index (κ2) is 6.81. The number of rotatable bonds is 8. The van der Waals surface area contributed by atoms with Crippen LogP contribution in [0.2, 0.25) is 0 Å². The highest BCUT2D eigenvalue weighted by Crippen LogP contribution is 2.43. The molecule has 0 aliphatic carbocycles. The second-order valence-corrected chi connectivity index (χ2v) is 7.96. The molecule has 18 heavy (non-hydrogen) atoms. The van der Waals surface area contributed by atoms with E-state index < -0.39 is 23.4 Å². The summed E-state index contributed by atoms with van der Waals surface area (Å²) in [6.07, 6.45) is 0. The Labute approximate surface area is 118 Å². The molecule has 0 aliphatic rings. The van der Waals surface area contributed by atoms with Gasteiger partial charge in [-0.15, -0.1) is 23.5 Å². The van der Waals surface area contributed by atoms with Gasteiger partial charge in [-0.2, -0.15) is 0 Å². The molecule has 110 valence electrons. The van der Waals surface area contributed by atoms with Crippen LogP contribution in [0.4, 0.5) is 0 Å². The number of hydrogen-bond donors (Lipinski definition) is 4. The van der Waals surface area contributed by atoms with Crippen LogP contribution in [-0.4, -0.2) is 59.9 Å². The average Bonchev–Trinajstić information content (AvgIpc) is 2.28. The van der Waals surface area contributed by atoms with Gasteiger partial charge >= 0.3 is 0 Å². The summed E-state index contributed by atoms with van der Waals surface area (Å²) < 4.78 is -0.277. The maximum Gasteiger partial charge on any atom is 0.123 e. The first-order valence-electron chi connectivity index (χ1n) is 6.09. The molecule has 0 aromatic heterocycles. The van der Waals surface area contributed by atoms with E-state index in [1.807, 2.05) is 13.8 Å². The van der Waals surface area contributed by atoms with Gasteiger partial charge in [0.1, 0.15) is 16.8 Å². The smallest absolute Gasteiger partial charge is 0.123 e. The molecule has 0 fully saturated rings. The average molecular weight is 298 g/mol. The van der Waals surface area contributed by atoms with Crippen molar-refractivity contribution in [3.05, 3.63) is 0 Å². The van der Waals surface area contributed by atoms with Crippen molar-refractivity contribution in [1.82, 2.24) is 0 Å². The maximum absolute atomic E-state index is 10.7. The van der Waals surface area contributed by atoms with Gasteiger partial charge in [0, 0.05) is 0 Å². The molecule has 0 aromatic carbocycles. The topological polar surface area (TPSA) is 80.9 Å². The van der Waals surface area contributed by atoms with Crippen LogP contribution in [0.3, 0.4) is 0 Å². The van der Waals surface area contributed by atoms with Gasteiger partial charge in [0.05, 0.1) is 11.2 Å². The minimum absolute atomic E-state index is 0.277. The van der Waals surface area contributed by atoms with Crippen molar-refractivity contribution >= 4 is 23.5 Å². The van der Waals surface area contributed by atoms with Crippen LogP contribution in [0.25, 0.3) is 0 Å². The van der Waals surface area contributed by atoms with Crippen LogP contribution < -0.4 is 0 Å². The molecule has 0 bridgehead atoms. The minimum atomic E-state index is -1.82. The maximum atomic E-state index is 10.7. The van der Waals surface area contributed by atoms with Crippen molar-refractivity contribution in [3.63, 3.8) is 0 Å². The van der Waals surface area contributed by atoms with Crippen LogP contribution in [0.1, 0.15) is 34.6 Å². The number of aliphatic hydroxyl groups excluding tert-OH is 1. The first-order chi connectivity index (χ1) is 8.08. The molecule has 3 atom stereocenters. The quantitative estimate of drug-likeness (QED) is 0.502. The molecule has 3 unspecified atom stereocenters. The van der Waals surface area contributed by atoms with Crippen LogP contribution in [0, 0.1) is 0 Å². The van der Waals surface area contributed by atoms with Crippen molar-refractivity contribution < 1.29 is 20.4 Å². The minimum Gasteiger partial charge on any atom is -0.393 e. The summed E-state index contributed by atoms with van der Waals surface area (Å²) in [6, 6.07) is 0. The van der Waals surface area contributed by atoms with Crippen molar-refractivity contribution in [2.75, 3.05) is 18.1 Å². The second-order valence-electron chi connectivity index (χ2n) is 4.89. The molecule has 0 saturated carbocycles. The third kappa shape index (κ3) is 3.55. The molecule has 4 nitrogen and oxygen atoms in total. The van der Waals surface area contributed by atoms with Gasteiger partial charge < -0.3 is 20.4 Å². The van der Waals surface area contributed by atoms with Gasteiger partial charge in [-0.25, -0.2) is 0 Å². The molecular weight excluding hydrogens is 272 g/mol. The summed E-state index contributed by atoms with van der Waals surface area (Å²) in [6.45, 7) is 7.53. The van der Waals surface area contributed by atoms with E-state index in [9.17, 15) is 20.4 Å². The Bertz CT molecular complexity index is 248. The standard InChI is InChI=1S/C12H26O4S2/c1-6-17-9(18-7-2)11(4,15)12(5,16)10(3,14)8-13/h9,13-16H,6-8H2,1-5H3. The third-order valence-corrected chi connectivity index (χ3v) is 6.44. The lowest BCUT2D eigenvalue weighted by Gasteiger charge is -2.49. The zero-order valence-electron chi connectivity index (χ0n) is 11.8. The third-order valence-electron chi connectivity index (χ3n) is 3.44. The molecule has 0 radical (unpaired) electrons. The molecule has 0 amide bonds. The molecule has 0 rings (SSSR count). The molecule has 0 spiro atoms. The highest BCUT2D eigenvalue weighted by Gasteiger charge is 2.57. The first-order valence-corrected chi connectivity index (χ1v) is 8.19. The van der Waals surface area contributed by atoms with Crippen molar-refractivity contribution in [1.29, 1.82) is 0 Å². The normalized spacial score (nSPS) is 22.3. The Morgan fingerprint density at radius 3 is 1.61 bits per heavy atom. The monoisotopic (exact) mass is 298 g/mol. The lowest BCUT2D eigenvalue weighted by molar-refractivity contribution is -0.230. The van der Waals surface area contributed by atoms with Gasteiger partial charge in [0.2, 0.25) is 0 Å². The molecular formula is C12H26O4S2. The number of hydrogen-bond acceptors (Lipinski definition) is 6. The van der Waals surface area contributed by atoms with Crippen molar-refractivity contribution in [2.45, 2.75) is 56.0 Å². The van der Waals surface area contributed by atoms with Gasteiger partial charge in [-0.1, -0.05) is 13.8 Å². The highest BCUT2D eigenvalue weighted by molar-refractivity contribution is 8.17. The highest BCUT2D eigenvalue weighted by atomic mass is 32.2. The molecule has 0 heterocycles. The van der Waals surface area contributed by atoms with Crippen LogP contribution in [-0.2, 0) is 0 Å². The molecule has 0 aromatic rings. The number of aliphatic hydroxyl groups is 4. The Morgan fingerprint density at radius 2 is 1.33 bits per heavy atom. The molecule has 4 N–H and O–H groups in total. The summed E-state index contributed by atoms with van der Waals surface area (Å²) in [5.41, 5.74) is -5.11. The van der Waals surface area contributed by atoms with E-state index in [1.54, 1.807) is 0 Å². The Balaban J connectivity index is 5.29. The summed E-state index contributed by atoms with van der Waals surface area (Å²) in [5.74, 6) is 1.59. The summed E-state index contributed by atoms with van der Waals surface area (Å²) >= 11 is 3.04. The van der Waals surface area contributed by atoms with E-state index >= 15 is 0 Å². The fraction of sp³-hybridized carbons (Fsp3) is 1.00. The SMILES string of the molecule is CCSC(SCC)C(C)(O)C(C)(O)C(C)(O)CO. The van der Waals surface area contributed by atoms with Gasteiger partial charge in [-0.3, -0.25) is 0 Å². The van der Waals surface area contributed by atoms with Gasteiger partial charge in [-0.05, 0) is 32.3 Å². The lowest BCUT2D eigenvalue weighted by atomic mass is 9.74. The van der Waals surface area contributed by atoms with Crippen molar-refractivity contribution in [2.24, 2.45) is 0 Å². The summed E-state index contributed by atoms with van der Waals surface area (Å²) in [5, 5.41) is 40.5. The predicted octanol–water partition coefficient (Wildman–Crippen LogP) is 1.06. The lowest BCUT2D eigenvalue weighted by Crippen LogP contribution is -2.68. The molecule has 0 aliphatic heterocycles. The van der Waals surface area contributed by atoms with Crippen LogP contribution >= 0.6 is 23.5 Å². The van der Waals surface area contributed by atoms with Gasteiger partial charge in [0.25, 0.3) is 0 Å². The van der Waals surface area contributed by atoms with E-state index in [0.29, 0.717) is 0 Å². The van der Waals surface area contributed by atoms with E-state index in [-0.39, 0.29) is 4.58 Å². The van der Waals surface area contributed by atoms with Crippen molar-refractivity contribution in [3.8, 4) is 0 Å². The van der Waals surface area contributed by atoms with E-state index in [2.05, 4.69) is 0 Å². The van der Waals surface area contributed by atoms with E-state index in [4.69, 9.17) is 0 Å². The zero-order chi connectivity index (χ0) is 14.6. The first kappa shape index (κ1) is 18.5. The summed E-state index contributed by atoms with van der Waals surface area (Å²) in [4.78, 5) is 0. The molecule has 0 saturated heterocycles.